The molecule has 0 saturated heterocycles. The third kappa shape index (κ3) is 3.96. The number of esters is 1. The molecule has 27 heavy (non-hydrogen) atoms. The van der Waals surface area contributed by atoms with Gasteiger partial charge in [0.25, 0.3) is 5.91 Å². The number of benzene rings is 1. The Morgan fingerprint density at radius 2 is 2.22 bits per heavy atom. The molecule has 6 nitrogen and oxygen atoms in total. The molecule has 1 aliphatic carbocycles. The molecule has 0 bridgehead atoms. The highest BCUT2D eigenvalue weighted by Gasteiger charge is 2.25. The average molecular weight is 384 g/mol. The molecule has 3 rings (SSSR count). The van der Waals surface area contributed by atoms with E-state index in [0.717, 1.165) is 29.7 Å². The van der Waals surface area contributed by atoms with Gasteiger partial charge in [0.1, 0.15) is 22.4 Å². The van der Waals surface area contributed by atoms with E-state index in [1.807, 2.05) is 0 Å². The minimum atomic E-state index is -0.772. The van der Waals surface area contributed by atoms with E-state index in [4.69, 9.17) is 4.74 Å². The summed E-state index contributed by atoms with van der Waals surface area (Å²) in [4.78, 5) is 25.4. The number of ether oxygens (including phenoxy) is 1. The summed E-state index contributed by atoms with van der Waals surface area (Å²) in [5, 5.41) is 22.6. The minimum Gasteiger partial charge on any atom is -0.507 e. The summed E-state index contributed by atoms with van der Waals surface area (Å²) in [5.74, 6) is -0.881. The number of hydrogen-bond donors (Lipinski definition) is 2. The molecule has 2 aromatic rings. The highest BCUT2D eigenvalue weighted by molar-refractivity contribution is 7.16. The predicted molar refractivity (Wildman–Crippen MR) is 102 cm³/mol. The van der Waals surface area contributed by atoms with E-state index in [1.165, 1.54) is 17.4 Å². The number of rotatable bonds is 4. The number of fused-ring (bicyclic) bond motifs is 1. The zero-order valence-electron chi connectivity index (χ0n) is 15.2. The Labute approximate surface area is 161 Å². The Hall–Kier alpha value is -2.85. The Morgan fingerprint density at radius 3 is 2.96 bits per heavy atom. The van der Waals surface area contributed by atoms with Gasteiger partial charge in [-0.2, -0.15) is 5.26 Å². The first-order valence-corrected chi connectivity index (χ1v) is 9.52. The van der Waals surface area contributed by atoms with Crippen molar-refractivity contribution in [3.05, 3.63) is 45.3 Å². The maximum Gasteiger partial charge on any atom is 0.342 e. The van der Waals surface area contributed by atoms with Crippen molar-refractivity contribution in [2.45, 2.75) is 33.1 Å². The first-order valence-electron chi connectivity index (χ1n) is 8.71. The number of nitrogens with zero attached hydrogens (tertiary/aromatic N) is 1. The molecule has 0 unspecified atom stereocenters. The van der Waals surface area contributed by atoms with Crippen molar-refractivity contribution < 1.29 is 19.4 Å². The predicted octanol–water partition coefficient (Wildman–Crippen LogP) is 3.55. The van der Waals surface area contributed by atoms with Crippen LogP contribution in [0.15, 0.2) is 18.2 Å². The van der Waals surface area contributed by atoms with Crippen LogP contribution < -0.4 is 5.32 Å². The van der Waals surface area contributed by atoms with Crippen molar-refractivity contribution in [3.63, 3.8) is 0 Å². The van der Waals surface area contributed by atoms with E-state index in [1.54, 1.807) is 19.1 Å². The second kappa shape index (κ2) is 7.80. The Morgan fingerprint density at radius 1 is 1.44 bits per heavy atom. The number of phenols is 1. The number of thiophene rings is 1. The molecule has 1 aromatic carbocycles. The van der Waals surface area contributed by atoms with Crippen LogP contribution in [0.4, 0.5) is 5.00 Å². The summed E-state index contributed by atoms with van der Waals surface area (Å²) in [6.45, 7) is 3.35. The van der Waals surface area contributed by atoms with E-state index < -0.39 is 18.5 Å². The first-order chi connectivity index (χ1) is 12.9. The van der Waals surface area contributed by atoms with E-state index in [2.05, 4.69) is 18.3 Å². The quantitative estimate of drug-likeness (QED) is 0.785. The number of aromatic hydroxyl groups is 1. The fourth-order valence-electron chi connectivity index (χ4n) is 3.15. The number of nitrogens with one attached hydrogen (secondary N) is 1. The van der Waals surface area contributed by atoms with Gasteiger partial charge in [0.05, 0.1) is 5.56 Å². The number of nitriles is 1. The van der Waals surface area contributed by atoms with Gasteiger partial charge in [-0.3, -0.25) is 4.79 Å². The summed E-state index contributed by atoms with van der Waals surface area (Å²) in [6.07, 6.45) is 2.78. The lowest BCUT2D eigenvalue weighted by atomic mass is 9.89. The summed E-state index contributed by atoms with van der Waals surface area (Å²) >= 11 is 1.42. The Kier molecular flexibility index (Phi) is 5.47. The zero-order valence-corrected chi connectivity index (χ0v) is 16.0. The molecular formula is C20H20N2O4S. The van der Waals surface area contributed by atoms with Gasteiger partial charge >= 0.3 is 5.97 Å². The number of phenolic OH excluding ortho intramolecular Hbond substituents is 1. The Bertz CT molecular complexity index is 942. The van der Waals surface area contributed by atoms with Crippen LogP contribution in [0.25, 0.3) is 0 Å². The van der Waals surface area contributed by atoms with Crippen LogP contribution in [0.2, 0.25) is 0 Å². The smallest absolute Gasteiger partial charge is 0.342 e. The van der Waals surface area contributed by atoms with Crippen LogP contribution in [-0.4, -0.2) is 23.6 Å². The monoisotopic (exact) mass is 384 g/mol. The van der Waals surface area contributed by atoms with Crippen molar-refractivity contribution >= 4 is 28.2 Å². The van der Waals surface area contributed by atoms with Gasteiger partial charge in [-0.25, -0.2) is 4.79 Å². The number of hydrogen-bond acceptors (Lipinski definition) is 6. The van der Waals surface area contributed by atoms with E-state index in [9.17, 15) is 20.0 Å². The fourth-order valence-corrected chi connectivity index (χ4v) is 4.53. The molecule has 0 radical (unpaired) electrons. The summed E-state index contributed by atoms with van der Waals surface area (Å²) < 4.78 is 5.00. The van der Waals surface area contributed by atoms with Gasteiger partial charge in [-0.15, -0.1) is 11.3 Å². The van der Waals surface area contributed by atoms with Crippen molar-refractivity contribution in [2.24, 2.45) is 5.92 Å². The summed E-state index contributed by atoms with van der Waals surface area (Å²) in [5.41, 5.74) is 2.10. The number of amides is 1. The average Bonchev–Trinajstić information content (AvgIpc) is 2.97. The molecule has 0 aliphatic heterocycles. The van der Waals surface area contributed by atoms with Crippen LogP contribution in [-0.2, 0) is 22.4 Å². The highest BCUT2D eigenvalue weighted by Crippen LogP contribution is 2.39. The third-order valence-electron chi connectivity index (χ3n) is 4.67. The molecule has 7 heteroatoms. The molecule has 1 aliphatic rings. The molecule has 2 N–H and O–H groups in total. The Balaban J connectivity index is 1.66. The lowest BCUT2D eigenvalue weighted by Crippen LogP contribution is -2.21. The number of aryl methyl sites for hydroxylation is 1. The molecule has 1 aromatic heterocycles. The normalized spacial score (nSPS) is 15.5. The van der Waals surface area contributed by atoms with Crippen molar-refractivity contribution in [2.75, 3.05) is 11.9 Å². The number of anilines is 1. The van der Waals surface area contributed by atoms with E-state index in [0.29, 0.717) is 22.0 Å². The number of para-hydroxylation sites is 1. The van der Waals surface area contributed by atoms with Gasteiger partial charge in [0, 0.05) is 4.88 Å². The van der Waals surface area contributed by atoms with Crippen molar-refractivity contribution in [3.8, 4) is 11.8 Å². The molecule has 140 valence electrons. The van der Waals surface area contributed by atoms with Gasteiger partial charge in [0.2, 0.25) is 0 Å². The molecule has 1 amide bonds. The van der Waals surface area contributed by atoms with Gasteiger partial charge < -0.3 is 15.2 Å². The molecule has 1 atom stereocenters. The number of carbonyl (C=O) groups is 2. The second-order valence-corrected chi connectivity index (χ2v) is 7.87. The van der Waals surface area contributed by atoms with Crippen LogP contribution in [0, 0.1) is 24.2 Å². The molecule has 0 spiro atoms. The van der Waals surface area contributed by atoms with Gasteiger partial charge in [0.15, 0.2) is 6.61 Å². The fraction of sp³-hybridized carbons (Fsp3) is 0.350. The minimum absolute atomic E-state index is 0.0149. The second-order valence-electron chi connectivity index (χ2n) is 6.76. The largest absolute Gasteiger partial charge is 0.507 e. The van der Waals surface area contributed by atoms with Crippen molar-refractivity contribution in [1.82, 2.24) is 0 Å². The van der Waals surface area contributed by atoms with Crippen molar-refractivity contribution in [1.29, 1.82) is 5.26 Å². The van der Waals surface area contributed by atoms with Crippen LogP contribution in [0.3, 0.4) is 0 Å². The maximum absolute atomic E-state index is 12.2. The highest BCUT2D eigenvalue weighted by atomic mass is 32.1. The number of carbonyl (C=O) groups excluding carboxylic acids is 2. The van der Waals surface area contributed by atoms with E-state index in [-0.39, 0.29) is 11.3 Å². The lowest BCUT2D eigenvalue weighted by Gasteiger charge is -2.17. The topological polar surface area (TPSA) is 99.4 Å². The van der Waals surface area contributed by atoms with Gasteiger partial charge in [-0.1, -0.05) is 19.1 Å². The summed E-state index contributed by atoms with van der Waals surface area (Å²) in [7, 11) is 0. The van der Waals surface area contributed by atoms with Crippen LogP contribution in [0.1, 0.15) is 45.3 Å². The first kappa shape index (κ1) is 18.9. The maximum atomic E-state index is 12.2. The molecular weight excluding hydrogens is 364 g/mol. The third-order valence-corrected chi connectivity index (χ3v) is 5.84. The van der Waals surface area contributed by atoms with E-state index >= 15 is 0 Å². The SMILES string of the molecule is Cc1cccc(C(=O)OCC(=O)Nc2sc3c(c2C#N)CC[C@@H](C)C3)c1O. The molecule has 0 saturated carbocycles. The standard InChI is InChI=1S/C20H20N2O4S/c1-11-6-7-13-15(9-21)19(27-16(13)8-11)22-17(23)10-26-20(25)14-5-3-4-12(2)18(14)24/h3-5,11,24H,6-8,10H2,1-2H3,(H,22,23)/t11-/m1/s1. The molecule has 0 fully saturated rings. The molecule has 1 heterocycles. The van der Waals surface area contributed by atoms with Crippen LogP contribution >= 0.6 is 11.3 Å². The lowest BCUT2D eigenvalue weighted by molar-refractivity contribution is -0.119. The van der Waals surface area contributed by atoms with Gasteiger partial charge in [-0.05, 0) is 49.3 Å². The zero-order chi connectivity index (χ0) is 19.6. The van der Waals surface area contributed by atoms with Crippen LogP contribution in [0.5, 0.6) is 5.75 Å². The summed E-state index contributed by atoms with van der Waals surface area (Å²) in [6, 6.07) is 6.91.